The molecule has 1 aliphatic carbocycles. The molecule has 196 valence electrons. The lowest BCUT2D eigenvalue weighted by atomic mass is 10.0. The van der Waals surface area contributed by atoms with Crippen molar-refractivity contribution < 1.29 is 29.3 Å². The minimum absolute atomic E-state index is 0.154. The molecule has 1 aliphatic rings. The van der Waals surface area contributed by atoms with Crippen LogP contribution in [0.2, 0.25) is 0 Å². The summed E-state index contributed by atoms with van der Waals surface area (Å²) in [6.45, 7) is 4.02. The Kier molecular flexibility index (Phi) is 16.1. The number of allylic oxidation sites excluding steroid dienone is 3. The van der Waals surface area contributed by atoms with Crippen molar-refractivity contribution in [3.63, 3.8) is 0 Å². The SMILES string of the molecule is CCCC(=O)OC1=C(SCCCCCC(=O)OC)C(/C=C/C(O)Cc2cccc(C)c2)CC1.CO. The van der Waals surface area contributed by atoms with E-state index < -0.39 is 6.10 Å². The Bertz CT molecular complexity index is 832. The molecule has 0 heterocycles. The topological polar surface area (TPSA) is 93.1 Å². The first-order valence-corrected chi connectivity index (χ1v) is 13.4. The minimum atomic E-state index is -0.553. The van der Waals surface area contributed by atoms with Crippen LogP contribution < -0.4 is 0 Å². The lowest BCUT2D eigenvalue weighted by molar-refractivity contribution is -0.141. The first-order valence-electron chi connectivity index (χ1n) is 12.4. The molecular formula is C28H42O6S. The number of rotatable bonds is 14. The second-order valence-electron chi connectivity index (χ2n) is 8.54. The summed E-state index contributed by atoms with van der Waals surface area (Å²) in [6.07, 6.45) is 9.99. The number of carbonyl (C=O) groups is 2. The standard InChI is InChI=1S/C27H38O5S.CH4O/c1-4-9-26(30)32-24-16-14-22(27(24)33-17-7-5-6-12-25(29)31-3)13-15-23(28)19-21-11-8-10-20(2)18-21;1-2/h8,10-11,13,15,18,22-23,28H,4-7,9,12,14,16-17,19H2,1-3H3;2H,1H3/b15-13+;. The largest absolute Gasteiger partial charge is 0.469 e. The minimum Gasteiger partial charge on any atom is -0.469 e. The summed E-state index contributed by atoms with van der Waals surface area (Å²) >= 11 is 1.74. The molecular weight excluding hydrogens is 464 g/mol. The molecule has 0 bridgehead atoms. The summed E-state index contributed by atoms with van der Waals surface area (Å²) in [5.41, 5.74) is 2.30. The Labute approximate surface area is 214 Å². The van der Waals surface area contributed by atoms with Crippen molar-refractivity contribution in [1.29, 1.82) is 0 Å². The predicted molar refractivity (Wildman–Crippen MR) is 142 cm³/mol. The Hall–Kier alpha value is -2.09. The smallest absolute Gasteiger partial charge is 0.310 e. The van der Waals surface area contributed by atoms with Gasteiger partial charge in [-0.3, -0.25) is 9.59 Å². The molecule has 1 aromatic carbocycles. The summed E-state index contributed by atoms with van der Waals surface area (Å²) in [5, 5.41) is 17.5. The van der Waals surface area contributed by atoms with Gasteiger partial charge in [-0.05, 0) is 43.9 Å². The van der Waals surface area contributed by atoms with Crippen molar-refractivity contribution in [2.75, 3.05) is 20.0 Å². The predicted octanol–water partition coefficient (Wildman–Crippen LogP) is 5.49. The molecule has 2 atom stereocenters. The number of hydrogen-bond acceptors (Lipinski definition) is 7. The molecule has 6 nitrogen and oxygen atoms in total. The van der Waals surface area contributed by atoms with Crippen LogP contribution in [0.1, 0.15) is 69.4 Å². The fourth-order valence-electron chi connectivity index (χ4n) is 3.86. The van der Waals surface area contributed by atoms with E-state index in [0.29, 0.717) is 19.3 Å². The molecule has 0 aromatic heterocycles. The van der Waals surface area contributed by atoms with E-state index in [1.54, 1.807) is 11.8 Å². The third-order valence-electron chi connectivity index (χ3n) is 5.59. The maximum absolute atomic E-state index is 12.1. The third kappa shape index (κ3) is 12.4. The van der Waals surface area contributed by atoms with Gasteiger partial charge < -0.3 is 19.7 Å². The number of methoxy groups -OCH3 is 1. The number of aliphatic hydroxyl groups is 2. The average Bonchev–Trinajstić information content (AvgIpc) is 3.22. The van der Waals surface area contributed by atoms with Crippen LogP contribution in [0.25, 0.3) is 0 Å². The van der Waals surface area contributed by atoms with Crippen LogP contribution in [0.3, 0.4) is 0 Å². The van der Waals surface area contributed by atoms with Crippen LogP contribution in [0, 0.1) is 12.8 Å². The Morgan fingerprint density at radius 1 is 1.17 bits per heavy atom. The molecule has 7 heteroatoms. The van der Waals surface area contributed by atoms with E-state index in [0.717, 1.165) is 67.6 Å². The second-order valence-corrected chi connectivity index (χ2v) is 9.67. The molecule has 0 aliphatic heterocycles. The number of ether oxygens (including phenoxy) is 2. The number of aliphatic hydroxyl groups excluding tert-OH is 2. The molecule has 0 saturated heterocycles. The van der Waals surface area contributed by atoms with E-state index in [2.05, 4.69) is 29.9 Å². The van der Waals surface area contributed by atoms with Crippen LogP contribution in [-0.4, -0.2) is 48.2 Å². The van der Waals surface area contributed by atoms with Crippen LogP contribution >= 0.6 is 11.8 Å². The zero-order chi connectivity index (χ0) is 26.1. The van der Waals surface area contributed by atoms with E-state index in [9.17, 15) is 14.7 Å². The van der Waals surface area contributed by atoms with E-state index in [-0.39, 0.29) is 17.9 Å². The number of benzene rings is 1. The van der Waals surface area contributed by atoms with E-state index >= 15 is 0 Å². The molecule has 2 rings (SSSR count). The summed E-state index contributed by atoms with van der Waals surface area (Å²) in [7, 11) is 2.41. The van der Waals surface area contributed by atoms with Gasteiger partial charge in [0.2, 0.25) is 0 Å². The van der Waals surface area contributed by atoms with Gasteiger partial charge in [0.1, 0.15) is 5.76 Å². The number of thioether (sulfide) groups is 1. The van der Waals surface area contributed by atoms with Crippen LogP contribution in [0.5, 0.6) is 0 Å². The van der Waals surface area contributed by atoms with Crippen molar-refractivity contribution in [3.8, 4) is 0 Å². The van der Waals surface area contributed by atoms with Gasteiger partial charge in [0.25, 0.3) is 0 Å². The normalized spacial score (nSPS) is 16.1. The van der Waals surface area contributed by atoms with Gasteiger partial charge in [-0.1, -0.05) is 55.3 Å². The number of esters is 2. The van der Waals surface area contributed by atoms with Gasteiger partial charge in [0.15, 0.2) is 0 Å². The van der Waals surface area contributed by atoms with Crippen molar-refractivity contribution in [2.24, 2.45) is 5.92 Å². The number of carbonyl (C=O) groups excluding carboxylic acids is 2. The van der Waals surface area contributed by atoms with Crippen LogP contribution in [0.4, 0.5) is 0 Å². The van der Waals surface area contributed by atoms with Crippen LogP contribution in [-0.2, 0) is 25.5 Å². The molecule has 2 unspecified atom stereocenters. The first kappa shape index (κ1) is 30.9. The summed E-state index contributed by atoms with van der Waals surface area (Å²) in [5.74, 6) is 1.51. The molecule has 35 heavy (non-hydrogen) atoms. The second kappa shape index (κ2) is 18.2. The Balaban J connectivity index is 0.00000298. The molecule has 0 fully saturated rings. The maximum atomic E-state index is 12.1. The van der Waals surface area contributed by atoms with Crippen molar-refractivity contribution in [1.82, 2.24) is 0 Å². The molecule has 0 spiro atoms. The molecule has 0 amide bonds. The van der Waals surface area contributed by atoms with E-state index in [1.165, 1.54) is 12.7 Å². The van der Waals surface area contributed by atoms with Gasteiger partial charge in [-0.25, -0.2) is 0 Å². The van der Waals surface area contributed by atoms with Crippen LogP contribution in [0.15, 0.2) is 47.1 Å². The number of hydrogen-bond donors (Lipinski definition) is 2. The van der Waals surface area contributed by atoms with E-state index in [1.807, 2.05) is 25.1 Å². The highest BCUT2D eigenvalue weighted by Crippen LogP contribution is 2.41. The summed E-state index contributed by atoms with van der Waals surface area (Å²) in [4.78, 5) is 24.4. The van der Waals surface area contributed by atoms with Gasteiger partial charge in [-0.15, -0.1) is 11.8 Å². The summed E-state index contributed by atoms with van der Waals surface area (Å²) in [6, 6.07) is 8.19. The highest BCUT2D eigenvalue weighted by atomic mass is 32.2. The zero-order valence-corrected chi connectivity index (χ0v) is 22.4. The monoisotopic (exact) mass is 506 g/mol. The third-order valence-corrected chi connectivity index (χ3v) is 6.92. The molecule has 2 N–H and O–H groups in total. The highest BCUT2D eigenvalue weighted by Gasteiger charge is 2.27. The Morgan fingerprint density at radius 2 is 1.94 bits per heavy atom. The average molecular weight is 507 g/mol. The fourth-order valence-corrected chi connectivity index (χ4v) is 5.14. The van der Waals surface area contributed by atoms with Gasteiger partial charge in [0, 0.05) is 43.6 Å². The van der Waals surface area contributed by atoms with Gasteiger partial charge in [-0.2, -0.15) is 0 Å². The Morgan fingerprint density at radius 3 is 2.63 bits per heavy atom. The lowest BCUT2D eigenvalue weighted by Crippen LogP contribution is -2.08. The maximum Gasteiger partial charge on any atom is 0.310 e. The first-order chi connectivity index (χ1) is 16.9. The zero-order valence-electron chi connectivity index (χ0n) is 21.6. The number of aryl methyl sites for hydroxylation is 1. The lowest BCUT2D eigenvalue weighted by Gasteiger charge is -2.13. The van der Waals surface area contributed by atoms with Crippen molar-refractivity contribution >= 4 is 23.7 Å². The highest BCUT2D eigenvalue weighted by molar-refractivity contribution is 8.03. The fraction of sp³-hybridized carbons (Fsp3) is 0.571. The summed E-state index contributed by atoms with van der Waals surface area (Å²) < 4.78 is 10.4. The molecule has 0 radical (unpaired) electrons. The van der Waals surface area contributed by atoms with E-state index in [4.69, 9.17) is 9.84 Å². The quantitative estimate of drug-likeness (QED) is 0.196. The molecule has 0 saturated carbocycles. The van der Waals surface area contributed by atoms with Crippen molar-refractivity contribution in [2.45, 2.75) is 77.7 Å². The van der Waals surface area contributed by atoms with Crippen molar-refractivity contribution in [3.05, 3.63) is 58.2 Å². The van der Waals surface area contributed by atoms with Gasteiger partial charge in [0.05, 0.1) is 13.2 Å². The number of unbranched alkanes of at least 4 members (excludes halogenated alkanes) is 2. The van der Waals surface area contributed by atoms with Gasteiger partial charge >= 0.3 is 11.9 Å². The molecule has 1 aromatic rings.